The molecule has 390 valence electrons. The van der Waals surface area contributed by atoms with Crippen molar-refractivity contribution >= 4 is 63.1 Å². The number of carbonyl (C=O) groups excluding carboxylic acids is 4. The fourth-order valence-corrected chi connectivity index (χ4v) is 9.90. The lowest BCUT2D eigenvalue weighted by molar-refractivity contribution is -0.137. The Balaban J connectivity index is 0.000000163. The third-order valence-corrected chi connectivity index (χ3v) is 14.3. The predicted molar refractivity (Wildman–Crippen MR) is 278 cm³/mol. The van der Waals surface area contributed by atoms with E-state index in [9.17, 15) is 23.6 Å². The number of rotatable bonds is 7. The Morgan fingerprint density at radius 1 is 0.662 bits per heavy atom. The van der Waals surface area contributed by atoms with Crippen molar-refractivity contribution in [2.75, 3.05) is 40.5 Å². The summed E-state index contributed by atoms with van der Waals surface area (Å²) in [5.41, 5.74) is 7.29. The van der Waals surface area contributed by atoms with Gasteiger partial charge in [0.25, 0.3) is 11.8 Å². The monoisotopic (exact) mass is 1080 g/mol. The van der Waals surface area contributed by atoms with Gasteiger partial charge in [-0.1, -0.05) is 45.6 Å². The van der Waals surface area contributed by atoms with Crippen LogP contribution in [0.2, 0.25) is 0 Å². The number of benzene rings is 2. The van der Waals surface area contributed by atoms with Crippen LogP contribution in [-0.2, 0) is 31.9 Å². The number of methoxy groups -OCH3 is 2. The molecule has 4 aromatic heterocycles. The quantitative estimate of drug-likeness (QED) is 0.139. The highest BCUT2D eigenvalue weighted by atomic mass is 79.9. The first-order valence-electron chi connectivity index (χ1n) is 25.2. The predicted octanol–water partition coefficient (Wildman–Crippen LogP) is 9.99. The summed E-state index contributed by atoms with van der Waals surface area (Å²) in [6.45, 7) is 11.8. The van der Waals surface area contributed by atoms with E-state index in [4.69, 9.17) is 14.2 Å². The summed E-state index contributed by atoms with van der Waals surface area (Å²) in [5.74, 6) is -1.80. The lowest BCUT2D eigenvalue weighted by Gasteiger charge is -2.27. The second-order valence-corrected chi connectivity index (χ2v) is 19.6. The van der Waals surface area contributed by atoms with Crippen LogP contribution < -0.4 is 9.47 Å². The molecule has 0 unspecified atom stereocenters. The lowest BCUT2D eigenvalue weighted by atomic mass is 10.0. The Morgan fingerprint density at radius 3 is 1.66 bits per heavy atom. The van der Waals surface area contributed by atoms with Crippen LogP contribution in [0.1, 0.15) is 128 Å². The molecule has 19 heteroatoms. The maximum Gasteiger partial charge on any atom is 0.337 e. The molecule has 74 heavy (non-hydrogen) atoms. The normalized spacial score (nSPS) is 17.3. The molecule has 16 nitrogen and oxygen atoms in total. The van der Waals surface area contributed by atoms with Gasteiger partial charge >= 0.3 is 11.9 Å². The molecule has 10 rings (SSSR count). The molecule has 0 N–H and O–H groups in total. The highest BCUT2D eigenvalue weighted by molar-refractivity contribution is 9.10. The maximum atomic E-state index is 15.5. The van der Waals surface area contributed by atoms with Gasteiger partial charge in [-0.25, -0.2) is 37.4 Å². The average Bonchev–Trinajstić information content (AvgIpc) is 3.86. The number of amides is 2. The van der Waals surface area contributed by atoms with E-state index < -0.39 is 23.6 Å². The van der Waals surface area contributed by atoms with Gasteiger partial charge in [-0.2, -0.15) is 10.2 Å². The molecule has 2 aromatic carbocycles. The third-order valence-electron chi connectivity index (χ3n) is 13.7. The number of aryl methyl sites for hydroxylation is 3. The van der Waals surface area contributed by atoms with Crippen molar-refractivity contribution in [3.63, 3.8) is 0 Å². The number of carbonyl (C=O) groups is 4. The van der Waals surface area contributed by atoms with Crippen molar-refractivity contribution in [1.29, 1.82) is 0 Å². The second-order valence-electron chi connectivity index (χ2n) is 18.7. The molecule has 0 aliphatic carbocycles. The van der Waals surface area contributed by atoms with E-state index in [0.717, 1.165) is 80.8 Å². The lowest BCUT2D eigenvalue weighted by Crippen LogP contribution is -2.38. The Morgan fingerprint density at radius 2 is 1.15 bits per heavy atom. The topological polar surface area (TPSA) is 172 Å². The number of fused-ring (bicyclic) bond motifs is 4. The minimum absolute atomic E-state index is 0.0209. The minimum atomic E-state index is -0.566. The smallest absolute Gasteiger partial charge is 0.337 e. The summed E-state index contributed by atoms with van der Waals surface area (Å²) < 4.78 is 53.0. The zero-order chi connectivity index (χ0) is 52.8. The van der Waals surface area contributed by atoms with Gasteiger partial charge in [0.15, 0.2) is 34.4 Å². The van der Waals surface area contributed by atoms with E-state index in [-0.39, 0.29) is 48.1 Å². The molecule has 4 aliphatic rings. The van der Waals surface area contributed by atoms with Crippen LogP contribution in [0.25, 0.3) is 34.7 Å². The largest absolute Gasteiger partial charge is 0.485 e. The fraction of sp³-hybridized carbons (Fsp3) is 0.418. The zero-order valence-corrected chi connectivity index (χ0v) is 44.4. The molecular formula is C55H61BrF2N8O8. The van der Waals surface area contributed by atoms with E-state index in [2.05, 4.69) is 61.6 Å². The van der Waals surface area contributed by atoms with Gasteiger partial charge in [-0.3, -0.25) is 9.59 Å². The van der Waals surface area contributed by atoms with Crippen LogP contribution >= 0.6 is 15.9 Å². The van der Waals surface area contributed by atoms with Crippen LogP contribution in [-0.4, -0.2) is 115 Å². The molecule has 2 saturated heterocycles. The fourth-order valence-electron chi connectivity index (χ4n) is 9.58. The Bertz CT molecular complexity index is 3190. The molecular weight excluding hydrogens is 1020 g/mol. The Labute approximate surface area is 436 Å². The molecule has 2 fully saturated rings. The number of nitrogens with zero attached hydrogens (tertiary/aromatic N) is 8. The number of hydrogen-bond donors (Lipinski definition) is 0. The highest BCUT2D eigenvalue weighted by Crippen LogP contribution is 2.37. The van der Waals surface area contributed by atoms with E-state index in [0.29, 0.717) is 61.9 Å². The number of ether oxygens (including phenoxy) is 4. The highest BCUT2D eigenvalue weighted by Gasteiger charge is 2.29. The number of likely N-dealkylation sites (tertiary alicyclic amines) is 2. The zero-order valence-electron chi connectivity index (χ0n) is 42.8. The maximum absolute atomic E-state index is 15.5. The molecule has 0 bridgehead atoms. The Kier molecular flexibility index (Phi) is 16.9. The van der Waals surface area contributed by atoms with Gasteiger partial charge in [0.2, 0.25) is 0 Å². The molecule has 8 heterocycles. The first-order chi connectivity index (χ1) is 35.6. The van der Waals surface area contributed by atoms with Crippen LogP contribution in [0.15, 0.2) is 64.1 Å². The summed E-state index contributed by atoms with van der Waals surface area (Å²) in [4.78, 5) is 62.4. The van der Waals surface area contributed by atoms with E-state index in [1.807, 2.05) is 40.3 Å². The van der Waals surface area contributed by atoms with Crippen LogP contribution in [0.3, 0.4) is 0 Å². The van der Waals surface area contributed by atoms with E-state index in [1.165, 1.54) is 27.1 Å². The van der Waals surface area contributed by atoms with Gasteiger partial charge in [-0.05, 0) is 118 Å². The van der Waals surface area contributed by atoms with Crippen molar-refractivity contribution in [2.45, 2.75) is 111 Å². The van der Waals surface area contributed by atoms with Crippen LogP contribution in [0, 0.1) is 18.6 Å². The number of hydrogen-bond acceptors (Lipinski definition) is 12. The summed E-state index contributed by atoms with van der Waals surface area (Å²) in [6.07, 6.45) is 13.4. The molecule has 0 radical (unpaired) electrons. The van der Waals surface area contributed by atoms with Gasteiger partial charge in [-0.15, -0.1) is 0 Å². The molecule has 4 aliphatic heterocycles. The first kappa shape index (κ1) is 53.3. The molecule has 0 saturated carbocycles. The molecule has 2 atom stereocenters. The van der Waals surface area contributed by atoms with Crippen molar-refractivity contribution in [3.8, 4) is 22.8 Å². The summed E-state index contributed by atoms with van der Waals surface area (Å²) in [6, 6.07) is 14.3. The van der Waals surface area contributed by atoms with Crippen molar-refractivity contribution in [3.05, 3.63) is 115 Å². The first-order valence-corrected chi connectivity index (χ1v) is 26.0. The molecule has 6 aromatic rings. The third kappa shape index (κ3) is 11.4. The molecule has 2 amide bonds. The SMILES string of the molecule is CCc1cc(C(=O)N2CCCCC[C@H]2C)nc2cc(-c3ccc4c(c3F)OCC(C(=O)OC)=C4)nn12.CCc1cc(C(=O)N2CCCCC[C@H]2C)nc2cc(C)nn12.COC(=O)C1=Cc2ccc(Br)c(F)c2OC1. The number of aromatic nitrogens is 6. The van der Waals surface area contributed by atoms with Crippen molar-refractivity contribution < 1.29 is 46.9 Å². The standard InChI is InChI=1S/C27H29FN4O4.C17H24N4O.C11H8BrFO3/c1-4-19-13-22(26(33)31-11-7-5-6-8-16(31)2)29-23-14-21(30-32(19)23)20-10-9-17-12-18(27(34)35-3)15-36-25(17)24(20)28;1-4-14-11-15(18-16-10-12(2)19-21(14)16)17(22)20-9-7-5-6-8-13(20)3;1-15-11(14)7-4-6-2-3-8(12)9(13)10(6)16-5-7/h9-10,12-14,16H,4-8,11,15H2,1-3H3;10-11,13H,4-9H2,1-3H3;2-4H,5H2,1H3/t16-;13-;/m11./s1. The second kappa shape index (κ2) is 23.5. The summed E-state index contributed by atoms with van der Waals surface area (Å²) >= 11 is 3.06. The number of esters is 2. The average molecular weight is 1080 g/mol. The number of halogens is 3. The summed E-state index contributed by atoms with van der Waals surface area (Å²) in [7, 11) is 2.58. The Hall–Kier alpha value is -7.02. The van der Waals surface area contributed by atoms with E-state index >= 15 is 4.39 Å². The molecule has 0 spiro atoms. The van der Waals surface area contributed by atoms with Gasteiger partial charge in [0.1, 0.15) is 24.6 Å². The van der Waals surface area contributed by atoms with Crippen LogP contribution in [0.5, 0.6) is 11.5 Å². The van der Waals surface area contributed by atoms with Gasteiger partial charge < -0.3 is 28.7 Å². The van der Waals surface area contributed by atoms with Gasteiger partial charge in [0.05, 0.1) is 41.2 Å². The van der Waals surface area contributed by atoms with Crippen molar-refractivity contribution in [1.82, 2.24) is 39.0 Å². The van der Waals surface area contributed by atoms with Crippen LogP contribution in [0.4, 0.5) is 8.78 Å². The minimum Gasteiger partial charge on any atom is -0.485 e. The summed E-state index contributed by atoms with van der Waals surface area (Å²) in [5, 5.41) is 9.06. The van der Waals surface area contributed by atoms with Gasteiger partial charge in [0, 0.05) is 65.4 Å². The van der Waals surface area contributed by atoms with E-state index in [1.54, 1.807) is 53.1 Å². The van der Waals surface area contributed by atoms with Crippen molar-refractivity contribution in [2.24, 2.45) is 0 Å².